The molecular formula is C20H40O12Si2. The van der Waals surface area contributed by atoms with Crippen molar-refractivity contribution in [2.75, 3.05) is 42.7 Å². The van der Waals surface area contributed by atoms with E-state index in [0.29, 0.717) is 0 Å². The molecule has 0 spiro atoms. The number of carbonyl (C=O) groups is 2. The predicted octanol–water partition coefficient (Wildman–Crippen LogP) is 2.41. The summed E-state index contributed by atoms with van der Waals surface area (Å²) < 4.78 is 33.3. The largest absolute Gasteiger partial charge is 0.570 e. The van der Waals surface area contributed by atoms with Crippen molar-refractivity contribution in [3.63, 3.8) is 0 Å². The van der Waals surface area contributed by atoms with Crippen molar-refractivity contribution in [1.29, 1.82) is 0 Å². The molecule has 1 aliphatic rings. The third-order valence-electron chi connectivity index (χ3n) is 6.31. The van der Waals surface area contributed by atoms with E-state index in [2.05, 4.69) is 0 Å². The van der Waals surface area contributed by atoms with E-state index in [-0.39, 0.29) is 0 Å². The van der Waals surface area contributed by atoms with Gasteiger partial charge in [0.05, 0.1) is 5.41 Å². The normalized spacial score (nSPS) is 17.8. The highest BCUT2D eigenvalue weighted by atomic mass is 28.4. The topological polar surface area (TPSA) is 133 Å². The van der Waals surface area contributed by atoms with Crippen molar-refractivity contribution < 1.29 is 55.7 Å². The molecule has 1 heterocycles. The third-order valence-corrected chi connectivity index (χ3v) is 13.5. The lowest BCUT2D eigenvalue weighted by Gasteiger charge is -2.46. The molecule has 12 nitrogen and oxygen atoms in total. The minimum Gasteiger partial charge on any atom is -0.377 e. The van der Waals surface area contributed by atoms with Crippen molar-refractivity contribution in [1.82, 2.24) is 0 Å². The van der Waals surface area contributed by atoms with Gasteiger partial charge in [-0.25, -0.2) is 19.4 Å². The molecule has 1 unspecified atom stereocenters. The minimum absolute atomic E-state index is 0.513. The second kappa shape index (κ2) is 10.6. The standard InChI is InChI=1S/C20H40O12Si2/c1-17(2,3)14(33(23-8,24-9)25-10)18(4,5)15(21)29-30-16(22)19(6,7)20(31-32-20)34(26-11,27-12)28-13/h14H,1-13H3. The average molecular weight is 529 g/mol. The van der Waals surface area contributed by atoms with Crippen molar-refractivity contribution >= 4 is 29.5 Å². The Balaban J connectivity index is 3.19. The van der Waals surface area contributed by atoms with E-state index >= 15 is 0 Å². The maximum atomic E-state index is 13.2. The molecule has 0 N–H and O–H groups in total. The molecule has 1 aliphatic heterocycles. The molecule has 0 bridgehead atoms. The third kappa shape index (κ3) is 4.98. The van der Waals surface area contributed by atoms with Gasteiger partial charge in [0.25, 0.3) is 0 Å². The highest BCUT2D eigenvalue weighted by Gasteiger charge is 2.83. The first kappa shape index (κ1) is 31.1. The molecular weight excluding hydrogens is 488 g/mol. The van der Waals surface area contributed by atoms with Crippen LogP contribution in [0.25, 0.3) is 0 Å². The van der Waals surface area contributed by atoms with Crippen LogP contribution in [0.2, 0.25) is 5.54 Å². The summed E-state index contributed by atoms with van der Waals surface area (Å²) in [5.41, 5.74) is -5.55. The zero-order valence-corrected chi connectivity index (χ0v) is 24.5. The molecule has 0 amide bonds. The van der Waals surface area contributed by atoms with Gasteiger partial charge in [0.2, 0.25) is 0 Å². The lowest BCUT2D eigenvalue weighted by atomic mass is 9.75. The molecule has 1 rings (SSSR count). The quantitative estimate of drug-likeness (QED) is 0.159. The van der Waals surface area contributed by atoms with Gasteiger partial charge in [-0.15, -0.1) is 0 Å². The fraction of sp³-hybridized carbons (Fsp3) is 0.900. The fourth-order valence-corrected chi connectivity index (χ4v) is 10.3. The molecule has 0 aromatic heterocycles. The maximum absolute atomic E-state index is 13.2. The molecule has 0 aromatic carbocycles. The Morgan fingerprint density at radius 2 is 1.06 bits per heavy atom. The van der Waals surface area contributed by atoms with Gasteiger partial charge >= 0.3 is 35.0 Å². The second-order valence-corrected chi connectivity index (χ2v) is 16.1. The van der Waals surface area contributed by atoms with Gasteiger partial charge < -0.3 is 26.6 Å². The summed E-state index contributed by atoms with van der Waals surface area (Å²) in [6.07, 6.45) is 0. The molecule has 0 aliphatic carbocycles. The SMILES string of the molecule is CO[Si](OC)(OC)C(C(C)(C)C)C(C)(C)C(=O)OOC(=O)C(C)(C)C1([Si](OC)(OC)OC)OO1. The van der Waals surface area contributed by atoms with Gasteiger partial charge in [0.1, 0.15) is 5.41 Å². The van der Waals surface area contributed by atoms with E-state index in [4.69, 9.17) is 46.1 Å². The molecule has 34 heavy (non-hydrogen) atoms. The van der Waals surface area contributed by atoms with E-state index < -0.39 is 56.7 Å². The van der Waals surface area contributed by atoms with Gasteiger partial charge in [0, 0.05) is 48.2 Å². The lowest BCUT2D eigenvalue weighted by molar-refractivity contribution is -0.274. The van der Waals surface area contributed by atoms with Crippen LogP contribution in [0, 0.1) is 16.2 Å². The number of hydrogen-bond donors (Lipinski definition) is 0. The van der Waals surface area contributed by atoms with Gasteiger partial charge in [-0.3, -0.25) is 0 Å². The first-order valence-electron chi connectivity index (χ1n) is 10.6. The van der Waals surface area contributed by atoms with E-state index in [1.807, 2.05) is 20.8 Å². The lowest BCUT2D eigenvalue weighted by Crippen LogP contribution is -2.65. The highest BCUT2D eigenvalue weighted by molar-refractivity contribution is 6.64. The van der Waals surface area contributed by atoms with E-state index in [1.54, 1.807) is 13.8 Å². The van der Waals surface area contributed by atoms with Crippen molar-refractivity contribution in [2.45, 2.75) is 59.4 Å². The summed E-state index contributed by atoms with van der Waals surface area (Å²) in [5, 5.41) is 0. The van der Waals surface area contributed by atoms with Crippen molar-refractivity contribution in [3.05, 3.63) is 0 Å². The summed E-state index contributed by atoms with van der Waals surface area (Å²) in [4.78, 5) is 46.6. The molecule has 1 fully saturated rings. The first-order chi connectivity index (χ1) is 15.5. The van der Waals surface area contributed by atoms with Gasteiger partial charge in [-0.2, -0.15) is 9.78 Å². The summed E-state index contributed by atoms with van der Waals surface area (Å²) in [6.45, 7) is 12.0. The first-order valence-corrected chi connectivity index (χ1v) is 14.1. The highest BCUT2D eigenvalue weighted by Crippen LogP contribution is 2.54. The van der Waals surface area contributed by atoms with Crippen LogP contribution >= 0.6 is 0 Å². The van der Waals surface area contributed by atoms with Crippen LogP contribution < -0.4 is 0 Å². The van der Waals surface area contributed by atoms with E-state index in [9.17, 15) is 9.59 Å². The second-order valence-electron chi connectivity index (χ2n) is 10.1. The number of hydrogen-bond acceptors (Lipinski definition) is 12. The summed E-state index contributed by atoms with van der Waals surface area (Å²) in [6, 6.07) is 0. The molecule has 1 saturated heterocycles. The van der Waals surface area contributed by atoms with Crippen LogP contribution in [0.15, 0.2) is 0 Å². The van der Waals surface area contributed by atoms with Crippen molar-refractivity contribution in [2.24, 2.45) is 16.2 Å². The van der Waals surface area contributed by atoms with Crippen LogP contribution in [0.4, 0.5) is 0 Å². The smallest absolute Gasteiger partial charge is 0.377 e. The Bertz CT molecular complexity index is 705. The van der Waals surface area contributed by atoms with Crippen LogP contribution in [-0.2, 0) is 55.7 Å². The Labute approximate surface area is 203 Å². The summed E-state index contributed by atoms with van der Waals surface area (Å²) in [7, 11) is 1.45. The zero-order valence-electron chi connectivity index (χ0n) is 22.5. The van der Waals surface area contributed by atoms with E-state index in [0.717, 1.165) is 0 Å². The number of carbonyl (C=O) groups excluding carboxylic acids is 2. The van der Waals surface area contributed by atoms with Crippen LogP contribution in [0.3, 0.4) is 0 Å². The Kier molecular flexibility index (Phi) is 9.67. The molecule has 1 atom stereocenters. The summed E-state index contributed by atoms with van der Waals surface area (Å²) >= 11 is 0. The Morgan fingerprint density at radius 3 is 1.35 bits per heavy atom. The average Bonchev–Trinajstić information content (AvgIpc) is 3.59. The van der Waals surface area contributed by atoms with Gasteiger partial charge in [-0.05, 0) is 33.1 Å². The van der Waals surface area contributed by atoms with E-state index in [1.165, 1.54) is 56.5 Å². The monoisotopic (exact) mass is 528 g/mol. The molecule has 0 aromatic rings. The van der Waals surface area contributed by atoms with Crippen molar-refractivity contribution in [3.8, 4) is 0 Å². The van der Waals surface area contributed by atoms with Gasteiger partial charge in [-0.1, -0.05) is 20.8 Å². The Hall–Kier alpha value is -0.946. The minimum atomic E-state index is -3.64. The molecule has 0 saturated carbocycles. The predicted molar refractivity (Wildman–Crippen MR) is 121 cm³/mol. The van der Waals surface area contributed by atoms with Gasteiger partial charge in [0.15, 0.2) is 0 Å². The van der Waals surface area contributed by atoms with Crippen LogP contribution in [0.5, 0.6) is 0 Å². The number of rotatable bonds is 12. The fourth-order valence-electron chi connectivity index (χ4n) is 4.59. The molecule has 0 radical (unpaired) electrons. The maximum Gasteiger partial charge on any atom is 0.570 e. The summed E-state index contributed by atoms with van der Waals surface area (Å²) in [5.74, 6) is -1.78. The zero-order chi connectivity index (χ0) is 26.8. The van der Waals surface area contributed by atoms with Crippen LogP contribution in [-0.4, -0.2) is 77.6 Å². The molecule has 200 valence electrons. The Morgan fingerprint density at radius 1 is 0.676 bits per heavy atom. The molecule has 14 heteroatoms. The van der Waals surface area contributed by atoms with Crippen LogP contribution in [0.1, 0.15) is 48.5 Å².